The molecule has 3 nitrogen and oxygen atoms in total. The molecule has 1 N–H and O–H groups in total. The van der Waals surface area contributed by atoms with Crippen LogP contribution >= 0.6 is 39.1 Å². The van der Waals surface area contributed by atoms with Crippen molar-refractivity contribution in [3.05, 3.63) is 56.7 Å². The first-order valence-electron chi connectivity index (χ1n) is 5.79. The summed E-state index contributed by atoms with van der Waals surface area (Å²) in [6.45, 7) is -0.243. The summed E-state index contributed by atoms with van der Waals surface area (Å²) in [4.78, 5) is 11.8. The van der Waals surface area contributed by atoms with Crippen molar-refractivity contribution in [2.24, 2.45) is 0 Å². The first-order chi connectivity index (χ1) is 9.97. The van der Waals surface area contributed by atoms with Gasteiger partial charge in [0.2, 0.25) is 0 Å². The lowest BCUT2D eigenvalue weighted by atomic mass is 10.3. The third kappa shape index (κ3) is 4.33. The predicted octanol–water partition coefficient (Wildman–Crippen LogP) is 4.91. The molecule has 0 aliphatic rings. The molecule has 0 saturated heterocycles. The number of anilines is 1. The Balaban J connectivity index is 1.97. The Morgan fingerprint density at radius 2 is 2.05 bits per heavy atom. The molecule has 21 heavy (non-hydrogen) atoms. The maximum atomic E-state index is 12.9. The highest BCUT2D eigenvalue weighted by Crippen LogP contribution is 2.29. The Kier molecular flexibility index (Phi) is 5.45. The van der Waals surface area contributed by atoms with Gasteiger partial charge in [0.1, 0.15) is 11.6 Å². The number of benzene rings is 2. The van der Waals surface area contributed by atoms with E-state index in [9.17, 15) is 9.18 Å². The summed E-state index contributed by atoms with van der Waals surface area (Å²) in [6.07, 6.45) is 0. The van der Waals surface area contributed by atoms with E-state index in [-0.39, 0.29) is 11.6 Å². The molecule has 0 radical (unpaired) electrons. The summed E-state index contributed by atoms with van der Waals surface area (Å²) in [5.74, 6) is -0.441. The molecule has 1 amide bonds. The van der Waals surface area contributed by atoms with Crippen LogP contribution < -0.4 is 10.1 Å². The average molecular weight is 393 g/mol. The molecule has 0 spiro atoms. The normalized spacial score (nSPS) is 10.3. The quantitative estimate of drug-likeness (QED) is 0.802. The largest absolute Gasteiger partial charge is 0.483 e. The summed E-state index contributed by atoms with van der Waals surface area (Å²) >= 11 is 15.0. The Bertz CT molecular complexity index is 682. The molecule has 0 saturated carbocycles. The molecule has 0 atom stereocenters. The number of carbonyl (C=O) groups is 1. The third-order valence-corrected chi connectivity index (χ3v) is 3.92. The minimum Gasteiger partial charge on any atom is -0.483 e. The molecule has 0 aromatic heterocycles. The van der Waals surface area contributed by atoms with Crippen LogP contribution in [0.3, 0.4) is 0 Å². The summed E-state index contributed by atoms with van der Waals surface area (Å²) in [7, 11) is 0. The molecule has 0 unspecified atom stereocenters. The van der Waals surface area contributed by atoms with Crippen molar-refractivity contribution in [2.75, 3.05) is 11.9 Å². The zero-order valence-electron chi connectivity index (χ0n) is 10.5. The minimum absolute atomic E-state index is 0.243. The molecule has 0 fully saturated rings. The van der Waals surface area contributed by atoms with Crippen LogP contribution in [0.5, 0.6) is 5.75 Å². The second kappa shape index (κ2) is 7.11. The first-order valence-corrected chi connectivity index (χ1v) is 7.34. The van der Waals surface area contributed by atoms with Gasteiger partial charge in [-0.05, 0) is 46.3 Å². The van der Waals surface area contributed by atoms with E-state index in [0.29, 0.717) is 20.9 Å². The highest BCUT2D eigenvalue weighted by Gasteiger charge is 2.10. The minimum atomic E-state index is -0.407. The van der Waals surface area contributed by atoms with E-state index in [4.69, 9.17) is 27.9 Å². The van der Waals surface area contributed by atoms with E-state index in [0.717, 1.165) is 0 Å². The molecule has 0 heterocycles. The van der Waals surface area contributed by atoms with Crippen molar-refractivity contribution in [2.45, 2.75) is 0 Å². The number of amides is 1. The van der Waals surface area contributed by atoms with Crippen LogP contribution in [0.4, 0.5) is 10.1 Å². The zero-order chi connectivity index (χ0) is 15.4. The molecule has 0 aliphatic carbocycles. The van der Waals surface area contributed by atoms with Crippen molar-refractivity contribution in [3.8, 4) is 5.75 Å². The lowest BCUT2D eigenvalue weighted by Crippen LogP contribution is -2.20. The van der Waals surface area contributed by atoms with Crippen molar-refractivity contribution >= 4 is 50.7 Å². The van der Waals surface area contributed by atoms with Gasteiger partial charge >= 0.3 is 0 Å². The van der Waals surface area contributed by atoms with Gasteiger partial charge in [-0.25, -0.2) is 4.39 Å². The number of carbonyl (C=O) groups excluding carboxylic acids is 1. The topological polar surface area (TPSA) is 38.3 Å². The van der Waals surface area contributed by atoms with Crippen molar-refractivity contribution in [1.29, 1.82) is 0 Å². The van der Waals surface area contributed by atoms with Crippen LogP contribution in [-0.2, 0) is 4.79 Å². The maximum absolute atomic E-state index is 12.9. The fourth-order valence-electron chi connectivity index (χ4n) is 1.52. The molecule has 0 aliphatic heterocycles. The maximum Gasteiger partial charge on any atom is 0.262 e. The van der Waals surface area contributed by atoms with Gasteiger partial charge in [0.15, 0.2) is 6.61 Å². The van der Waals surface area contributed by atoms with Gasteiger partial charge in [0.25, 0.3) is 5.91 Å². The van der Waals surface area contributed by atoms with Crippen LogP contribution in [0.15, 0.2) is 40.9 Å². The van der Waals surface area contributed by atoms with E-state index in [1.807, 2.05) is 0 Å². The molecular formula is C14H9BrCl2FNO2. The van der Waals surface area contributed by atoms with Crippen LogP contribution in [0.25, 0.3) is 0 Å². The van der Waals surface area contributed by atoms with Crippen molar-refractivity contribution < 1.29 is 13.9 Å². The predicted molar refractivity (Wildman–Crippen MR) is 84.7 cm³/mol. The first kappa shape index (κ1) is 16.1. The van der Waals surface area contributed by atoms with Gasteiger partial charge in [-0.15, -0.1) is 0 Å². The van der Waals surface area contributed by atoms with Crippen LogP contribution in [0.2, 0.25) is 10.0 Å². The Labute approximate surface area is 139 Å². The number of hydrogen-bond donors (Lipinski definition) is 1. The summed E-state index contributed by atoms with van der Waals surface area (Å²) in [5, 5.41) is 3.19. The van der Waals surface area contributed by atoms with Gasteiger partial charge in [0, 0.05) is 0 Å². The van der Waals surface area contributed by atoms with E-state index in [1.165, 1.54) is 18.2 Å². The lowest BCUT2D eigenvalue weighted by molar-refractivity contribution is -0.118. The van der Waals surface area contributed by atoms with E-state index >= 15 is 0 Å². The van der Waals surface area contributed by atoms with E-state index in [2.05, 4.69) is 21.2 Å². The monoisotopic (exact) mass is 391 g/mol. The van der Waals surface area contributed by atoms with Crippen LogP contribution in [-0.4, -0.2) is 12.5 Å². The van der Waals surface area contributed by atoms with Crippen LogP contribution in [0, 0.1) is 5.82 Å². The Morgan fingerprint density at radius 3 is 2.76 bits per heavy atom. The standard InChI is InChI=1S/C14H9BrCl2FNO2/c15-9-6-8(18)4-5-12(9)21-7-13(20)19-11-3-1-2-10(16)14(11)17/h1-6H,7H2,(H,19,20). The lowest BCUT2D eigenvalue weighted by Gasteiger charge is -2.10. The number of ether oxygens (including phenoxy) is 1. The van der Waals surface area contributed by atoms with Gasteiger partial charge in [-0.1, -0.05) is 29.3 Å². The molecule has 2 aromatic rings. The van der Waals surface area contributed by atoms with Gasteiger partial charge in [0.05, 0.1) is 20.2 Å². The smallest absolute Gasteiger partial charge is 0.262 e. The van der Waals surface area contributed by atoms with E-state index < -0.39 is 11.7 Å². The Hall–Kier alpha value is -1.30. The van der Waals surface area contributed by atoms with Gasteiger partial charge in [-0.3, -0.25) is 4.79 Å². The Morgan fingerprint density at radius 1 is 1.29 bits per heavy atom. The number of nitrogens with one attached hydrogen (secondary N) is 1. The molecule has 110 valence electrons. The highest BCUT2D eigenvalue weighted by molar-refractivity contribution is 9.10. The number of halogens is 4. The van der Waals surface area contributed by atoms with Gasteiger partial charge < -0.3 is 10.1 Å². The second-order valence-corrected chi connectivity index (χ2v) is 5.65. The van der Waals surface area contributed by atoms with Crippen molar-refractivity contribution in [1.82, 2.24) is 0 Å². The molecule has 2 aromatic carbocycles. The fourth-order valence-corrected chi connectivity index (χ4v) is 2.34. The highest BCUT2D eigenvalue weighted by atomic mass is 79.9. The summed E-state index contributed by atoms with van der Waals surface area (Å²) in [5.41, 5.74) is 0.399. The molecule has 2 rings (SSSR count). The van der Waals surface area contributed by atoms with Gasteiger partial charge in [-0.2, -0.15) is 0 Å². The molecular weight excluding hydrogens is 384 g/mol. The third-order valence-electron chi connectivity index (χ3n) is 2.48. The zero-order valence-corrected chi connectivity index (χ0v) is 13.6. The molecule has 7 heteroatoms. The summed E-state index contributed by atoms with van der Waals surface area (Å²) < 4.78 is 18.6. The number of rotatable bonds is 4. The summed E-state index contributed by atoms with van der Waals surface area (Å²) in [6, 6.07) is 8.83. The SMILES string of the molecule is O=C(COc1ccc(F)cc1Br)Nc1cccc(Cl)c1Cl. The second-order valence-electron chi connectivity index (χ2n) is 4.01. The fraction of sp³-hybridized carbons (Fsp3) is 0.0714. The van der Waals surface area contributed by atoms with Crippen molar-refractivity contribution in [3.63, 3.8) is 0 Å². The molecule has 0 bridgehead atoms. The number of hydrogen-bond acceptors (Lipinski definition) is 2. The van der Waals surface area contributed by atoms with E-state index in [1.54, 1.807) is 18.2 Å². The average Bonchev–Trinajstić information content (AvgIpc) is 2.43. The van der Waals surface area contributed by atoms with Crippen LogP contribution in [0.1, 0.15) is 0 Å².